The zero-order valence-electron chi connectivity index (χ0n) is 11.1. The molecule has 2 unspecified atom stereocenters. The van der Waals surface area contributed by atoms with Crippen LogP contribution in [0.3, 0.4) is 0 Å². The maximum Gasteiger partial charge on any atom is 0.320 e. The van der Waals surface area contributed by atoms with Crippen LogP contribution < -0.4 is 0 Å². The Morgan fingerprint density at radius 2 is 1.83 bits per heavy atom. The van der Waals surface area contributed by atoms with Crippen molar-refractivity contribution in [3.8, 4) is 0 Å². The molecular formula is C13H22N2O3. The van der Waals surface area contributed by atoms with Gasteiger partial charge >= 0.3 is 12.0 Å². The molecule has 5 heteroatoms. The van der Waals surface area contributed by atoms with Crippen LogP contribution in [0.25, 0.3) is 0 Å². The molecule has 2 fully saturated rings. The number of carboxylic acids is 1. The molecule has 0 spiro atoms. The second-order valence-electron chi connectivity index (χ2n) is 5.52. The second-order valence-corrected chi connectivity index (χ2v) is 5.52. The van der Waals surface area contributed by atoms with Gasteiger partial charge in [-0.1, -0.05) is 0 Å². The van der Waals surface area contributed by atoms with Crippen molar-refractivity contribution in [2.45, 2.75) is 51.1 Å². The van der Waals surface area contributed by atoms with Crippen molar-refractivity contribution in [3.05, 3.63) is 0 Å². The zero-order chi connectivity index (χ0) is 13.3. The van der Waals surface area contributed by atoms with Crippen LogP contribution in [0.4, 0.5) is 4.79 Å². The Balaban J connectivity index is 2.02. The highest BCUT2D eigenvalue weighted by Gasteiger charge is 2.44. The molecule has 2 amide bonds. The molecule has 2 bridgehead atoms. The van der Waals surface area contributed by atoms with Crippen molar-refractivity contribution >= 4 is 12.0 Å². The third-order valence-electron chi connectivity index (χ3n) is 4.32. The van der Waals surface area contributed by atoms with E-state index in [0.717, 1.165) is 25.7 Å². The van der Waals surface area contributed by atoms with Crippen LogP contribution in [0.1, 0.15) is 39.0 Å². The number of fused-ring (bicyclic) bond motifs is 2. The van der Waals surface area contributed by atoms with Crippen LogP contribution in [0, 0.1) is 5.92 Å². The lowest BCUT2D eigenvalue weighted by Crippen LogP contribution is -2.51. The van der Waals surface area contributed by atoms with Gasteiger partial charge in [0.15, 0.2) is 0 Å². The van der Waals surface area contributed by atoms with Crippen LogP contribution in [0.15, 0.2) is 0 Å². The molecule has 0 aromatic heterocycles. The fraction of sp³-hybridized carbons (Fsp3) is 0.846. The highest BCUT2D eigenvalue weighted by atomic mass is 16.4. The largest absolute Gasteiger partial charge is 0.481 e. The summed E-state index contributed by atoms with van der Waals surface area (Å²) in [6.07, 6.45) is 4.02. The van der Waals surface area contributed by atoms with Gasteiger partial charge in [0, 0.05) is 32.1 Å². The van der Waals surface area contributed by atoms with Gasteiger partial charge in [0.1, 0.15) is 0 Å². The average molecular weight is 254 g/mol. The first-order valence-electron chi connectivity index (χ1n) is 6.78. The summed E-state index contributed by atoms with van der Waals surface area (Å²) < 4.78 is 0. The maximum atomic E-state index is 12.3. The first-order valence-corrected chi connectivity index (χ1v) is 6.78. The quantitative estimate of drug-likeness (QED) is 0.835. The van der Waals surface area contributed by atoms with Gasteiger partial charge in [-0.15, -0.1) is 0 Å². The topological polar surface area (TPSA) is 60.9 Å². The van der Waals surface area contributed by atoms with Crippen LogP contribution in [-0.2, 0) is 4.79 Å². The molecule has 18 heavy (non-hydrogen) atoms. The number of aliphatic carboxylic acids is 1. The highest BCUT2D eigenvalue weighted by Crippen LogP contribution is 2.40. The lowest BCUT2D eigenvalue weighted by molar-refractivity contribution is -0.138. The number of nitrogens with zero attached hydrogens (tertiary/aromatic N) is 2. The summed E-state index contributed by atoms with van der Waals surface area (Å²) in [7, 11) is 1.82. The van der Waals surface area contributed by atoms with Crippen molar-refractivity contribution in [1.82, 2.24) is 9.80 Å². The van der Waals surface area contributed by atoms with E-state index in [-0.39, 0.29) is 30.5 Å². The van der Waals surface area contributed by atoms with E-state index in [9.17, 15) is 9.59 Å². The van der Waals surface area contributed by atoms with E-state index >= 15 is 0 Å². The van der Waals surface area contributed by atoms with E-state index in [1.165, 1.54) is 0 Å². The number of amides is 2. The normalized spacial score (nSPS) is 30.3. The summed E-state index contributed by atoms with van der Waals surface area (Å²) in [5.41, 5.74) is 0. The van der Waals surface area contributed by atoms with E-state index in [2.05, 4.69) is 0 Å². The highest BCUT2D eigenvalue weighted by molar-refractivity contribution is 5.75. The summed E-state index contributed by atoms with van der Waals surface area (Å²) in [4.78, 5) is 26.8. The molecule has 2 saturated heterocycles. The van der Waals surface area contributed by atoms with Gasteiger partial charge in [-0.05, 0) is 38.5 Å². The Labute approximate surface area is 108 Å². The van der Waals surface area contributed by atoms with Gasteiger partial charge in [-0.2, -0.15) is 0 Å². The van der Waals surface area contributed by atoms with E-state index in [1.807, 2.05) is 18.9 Å². The van der Waals surface area contributed by atoms with E-state index < -0.39 is 5.97 Å². The lowest BCUT2D eigenvalue weighted by atomic mass is 9.88. The third-order valence-corrected chi connectivity index (χ3v) is 4.32. The average Bonchev–Trinajstić information content (AvgIpc) is 2.58. The molecule has 2 rings (SSSR count). The smallest absolute Gasteiger partial charge is 0.320 e. The van der Waals surface area contributed by atoms with Gasteiger partial charge in [0.2, 0.25) is 0 Å². The van der Waals surface area contributed by atoms with Crippen LogP contribution in [0.2, 0.25) is 0 Å². The summed E-state index contributed by atoms with van der Waals surface area (Å²) in [5.74, 6) is -0.471. The number of hydrogen-bond acceptors (Lipinski definition) is 2. The Morgan fingerprint density at radius 1 is 1.28 bits per heavy atom. The summed E-state index contributed by atoms with van der Waals surface area (Å²) in [5, 5.41) is 8.87. The first-order chi connectivity index (χ1) is 8.52. The number of rotatable bonds is 3. The number of piperidine rings is 1. The van der Waals surface area contributed by atoms with Gasteiger partial charge in [0.25, 0.3) is 0 Å². The van der Waals surface area contributed by atoms with Crippen molar-refractivity contribution in [1.29, 1.82) is 0 Å². The molecule has 0 radical (unpaired) electrons. The Bertz CT molecular complexity index is 331. The first kappa shape index (κ1) is 13.2. The summed E-state index contributed by atoms with van der Waals surface area (Å²) in [6, 6.07) is 0.628. The number of urea groups is 1. The minimum atomic E-state index is -0.718. The molecule has 0 saturated carbocycles. The zero-order valence-corrected chi connectivity index (χ0v) is 11.1. The minimum Gasteiger partial charge on any atom is -0.481 e. The monoisotopic (exact) mass is 254 g/mol. The fourth-order valence-corrected chi connectivity index (χ4v) is 3.35. The van der Waals surface area contributed by atoms with Gasteiger partial charge < -0.3 is 14.9 Å². The van der Waals surface area contributed by atoms with Gasteiger partial charge in [-0.25, -0.2) is 4.79 Å². The molecule has 2 aliphatic rings. The van der Waals surface area contributed by atoms with Crippen molar-refractivity contribution in [2.75, 3.05) is 13.6 Å². The molecular weight excluding hydrogens is 232 g/mol. The molecule has 2 heterocycles. The maximum absolute atomic E-state index is 12.3. The minimum absolute atomic E-state index is 0.110. The summed E-state index contributed by atoms with van der Waals surface area (Å²) in [6.45, 7) is 2.68. The van der Waals surface area contributed by atoms with Crippen molar-refractivity contribution in [3.63, 3.8) is 0 Å². The fourth-order valence-electron chi connectivity index (χ4n) is 3.35. The standard InChI is InChI=1S/C13H22N2O3/c1-3-14(2)13(18)15-10-4-5-11(15)7-9(6-10)8-12(16)17/h9-11H,3-8H2,1-2H3,(H,16,17). The summed E-state index contributed by atoms with van der Waals surface area (Å²) >= 11 is 0. The molecule has 0 aromatic carbocycles. The molecule has 5 nitrogen and oxygen atoms in total. The molecule has 0 aliphatic carbocycles. The third kappa shape index (κ3) is 2.44. The van der Waals surface area contributed by atoms with Gasteiger partial charge in [0.05, 0.1) is 0 Å². The Hall–Kier alpha value is -1.26. The number of carboxylic acid groups (broad SMARTS) is 1. The van der Waals surface area contributed by atoms with Crippen LogP contribution in [0.5, 0.6) is 0 Å². The van der Waals surface area contributed by atoms with Crippen LogP contribution >= 0.6 is 0 Å². The van der Waals surface area contributed by atoms with Crippen molar-refractivity contribution in [2.24, 2.45) is 5.92 Å². The van der Waals surface area contributed by atoms with E-state index in [4.69, 9.17) is 5.11 Å². The van der Waals surface area contributed by atoms with E-state index in [0.29, 0.717) is 6.54 Å². The lowest BCUT2D eigenvalue weighted by Gasteiger charge is -2.40. The number of carbonyl (C=O) groups is 2. The molecule has 102 valence electrons. The Kier molecular flexibility index (Phi) is 3.78. The SMILES string of the molecule is CCN(C)C(=O)N1C2CCC1CC(CC(=O)O)C2. The van der Waals surface area contributed by atoms with Crippen LogP contribution in [-0.4, -0.2) is 52.6 Å². The van der Waals surface area contributed by atoms with E-state index in [1.54, 1.807) is 4.90 Å². The predicted octanol–water partition coefficient (Wildman–Crippen LogP) is 1.78. The molecule has 1 N–H and O–H groups in total. The molecule has 2 atom stereocenters. The molecule has 2 aliphatic heterocycles. The second kappa shape index (κ2) is 5.16. The molecule has 0 aromatic rings. The predicted molar refractivity (Wildman–Crippen MR) is 67.3 cm³/mol. The Morgan fingerprint density at radius 3 is 2.28 bits per heavy atom. The van der Waals surface area contributed by atoms with Gasteiger partial charge in [-0.3, -0.25) is 4.79 Å². The van der Waals surface area contributed by atoms with Crippen molar-refractivity contribution < 1.29 is 14.7 Å². The number of carbonyl (C=O) groups excluding carboxylic acids is 1. The number of hydrogen-bond donors (Lipinski definition) is 1.